The van der Waals surface area contributed by atoms with Crippen molar-refractivity contribution in [1.29, 1.82) is 0 Å². The largest absolute Gasteiger partial charge is 0.344 e. The summed E-state index contributed by atoms with van der Waals surface area (Å²) in [5, 5.41) is 1.79. The lowest BCUT2D eigenvalue weighted by Crippen LogP contribution is -2.45. The van der Waals surface area contributed by atoms with Crippen LogP contribution in [0.15, 0.2) is 54.6 Å². The first-order valence-corrected chi connectivity index (χ1v) is 10.00. The number of nitrogens with zero attached hydrogens (tertiary/aromatic N) is 4. The Morgan fingerprint density at radius 2 is 1.62 bits per heavy atom. The highest BCUT2D eigenvalue weighted by Gasteiger charge is 2.20. The van der Waals surface area contributed by atoms with Gasteiger partial charge < -0.3 is 4.90 Å². The first kappa shape index (κ1) is 17.5. The maximum absolute atomic E-state index is 5.94. The highest BCUT2D eigenvalue weighted by Crippen LogP contribution is 2.21. The summed E-state index contributed by atoms with van der Waals surface area (Å²) in [4.78, 5) is 9.60. The van der Waals surface area contributed by atoms with Crippen molar-refractivity contribution in [3.8, 4) is 0 Å². The van der Waals surface area contributed by atoms with Gasteiger partial charge in [-0.1, -0.05) is 54.1 Å². The topological polar surface area (TPSA) is 32.3 Å². The van der Waals surface area contributed by atoms with Crippen molar-refractivity contribution in [2.45, 2.75) is 13.0 Å². The van der Waals surface area contributed by atoms with E-state index in [-0.39, 0.29) is 0 Å². The van der Waals surface area contributed by atoms with E-state index in [1.54, 1.807) is 0 Å². The van der Waals surface area contributed by atoms with E-state index in [1.807, 2.05) is 24.3 Å². The molecule has 4 nitrogen and oxygen atoms in total. The fourth-order valence-corrected chi connectivity index (χ4v) is 4.03. The Morgan fingerprint density at radius 3 is 2.35 bits per heavy atom. The quantitative estimate of drug-likeness (QED) is 0.662. The molecule has 2 aromatic carbocycles. The summed E-state index contributed by atoms with van der Waals surface area (Å²) in [5.41, 5.74) is 2.56. The van der Waals surface area contributed by atoms with Crippen molar-refractivity contribution >= 4 is 28.3 Å². The van der Waals surface area contributed by atoms with Gasteiger partial charge in [-0.05, 0) is 23.3 Å². The summed E-state index contributed by atoms with van der Waals surface area (Å²) in [7, 11) is 0. The molecule has 0 saturated carbocycles. The van der Waals surface area contributed by atoms with Crippen LogP contribution in [0.3, 0.4) is 0 Å². The Balaban J connectivity index is 1.32. The molecule has 1 aliphatic heterocycles. The van der Waals surface area contributed by atoms with Gasteiger partial charge in [0.25, 0.3) is 0 Å². The Labute approximate surface area is 163 Å². The van der Waals surface area contributed by atoms with Gasteiger partial charge in [-0.2, -0.15) is 4.37 Å². The van der Waals surface area contributed by atoms with Gasteiger partial charge in [0.05, 0.1) is 0 Å². The van der Waals surface area contributed by atoms with Gasteiger partial charge in [0.2, 0.25) is 5.13 Å². The molecular formula is C20H21ClN4S. The number of hydrogen-bond donors (Lipinski definition) is 0. The number of halogens is 1. The van der Waals surface area contributed by atoms with Crippen molar-refractivity contribution in [2.24, 2.45) is 0 Å². The monoisotopic (exact) mass is 384 g/mol. The molecule has 3 aromatic rings. The molecule has 4 rings (SSSR count). The smallest absolute Gasteiger partial charge is 0.205 e. The number of piperazine rings is 1. The predicted molar refractivity (Wildman–Crippen MR) is 108 cm³/mol. The van der Waals surface area contributed by atoms with Gasteiger partial charge in [0.1, 0.15) is 5.82 Å². The molecule has 6 heteroatoms. The SMILES string of the molecule is Clc1ccc(Cc2nsc(N3CCN(Cc4ccccc4)CC3)n2)cc1. The second kappa shape index (κ2) is 8.16. The molecule has 1 aromatic heterocycles. The molecule has 0 aliphatic carbocycles. The van der Waals surface area contributed by atoms with E-state index in [4.69, 9.17) is 16.6 Å². The van der Waals surface area contributed by atoms with Gasteiger partial charge in [-0.3, -0.25) is 4.90 Å². The molecule has 1 aliphatic rings. The average molecular weight is 385 g/mol. The van der Waals surface area contributed by atoms with Crippen LogP contribution in [0.1, 0.15) is 17.0 Å². The lowest BCUT2D eigenvalue weighted by Gasteiger charge is -2.34. The molecule has 0 spiro atoms. The van der Waals surface area contributed by atoms with Crippen LogP contribution < -0.4 is 4.90 Å². The highest BCUT2D eigenvalue weighted by atomic mass is 35.5. The molecule has 0 unspecified atom stereocenters. The number of hydrogen-bond acceptors (Lipinski definition) is 5. The fraction of sp³-hybridized carbons (Fsp3) is 0.300. The lowest BCUT2D eigenvalue weighted by molar-refractivity contribution is 0.250. The third-order valence-electron chi connectivity index (χ3n) is 4.62. The predicted octanol–water partition coefficient (Wildman–Crippen LogP) is 4.10. The van der Waals surface area contributed by atoms with Crippen LogP contribution >= 0.6 is 23.1 Å². The third-order valence-corrected chi connectivity index (χ3v) is 5.69. The molecule has 26 heavy (non-hydrogen) atoms. The number of benzene rings is 2. The van der Waals surface area contributed by atoms with E-state index in [9.17, 15) is 0 Å². The van der Waals surface area contributed by atoms with Crippen LogP contribution in [0.2, 0.25) is 5.02 Å². The van der Waals surface area contributed by atoms with Crippen LogP contribution in [-0.4, -0.2) is 40.4 Å². The van der Waals surface area contributed by atoms with Gasteiger partial charge in [0.15, 0.2) is 0 Å². The van der Waals surface area contributed by atoms with E-state index >= 15 is 0 Å². The summed E-state index contributed by atoms with van der Waals surface area (Å²) in [6.45, 7) is 5.14. The normalized spacial score (nSPS) is 15.3. The van der Waals surface area contributed by atoms with E-state index in [0.717, 1.165) is 55.1 Å². The molecule has 0 N–H and O–H groups in total. The van der Waals surface area contributed by atoms with Crippen LogP contribution in [0.4, 0.5) is 5.13 Å². The van der Waals surface area contributed by atoms with E-state index in [1.165, 1.54) is 22.7 Å². The number of anilines is 1. The van der Waals surface area contributed by atoms with Crippen molar-refractivity contribution in [3.63, 3.8) is 0 Å². The Kier molecular flexibility index (Phi) is 5.48. The maximum Gasteiger partial charge on any atom is 0.205 e. The van der Waals surface area contributed by atoms with Crippen LogP contribution in [0.25, 0.3) is 0 Å². The summed E-state index contributed by atoms with van der Waals surface area (Å²) < 4.78 is 4.54. The molecule has 0 amide bonds. The second-order valence-corrected chi connectivity index (χ2v) is 7.71. The van der Waals surface area contributed by atoms with E-state index in [2.05, 4.69) is 44.5 Å². The first-order valence-electron chi connectivity index (χ1n) is 8.84. The van der Waals surface area contributed by atoms with E-state index < -0.39 is 0 Å². The van der Waals surface area contributed by atoms with Crippen molar-refractivity contribution in [2.75, 3.05) is 31.1 Å². The highest BCUT2D eigenvalue weighted by molar-refractivity contribution is 7.09. The first-order chi connectivity index (χ1) is 12.8. The molecule has 0 atom stereocenters. The molecule has 1 saturated heterocycles. The van der Waals surface area contributed by atoms with Crippen LogP contribution in [0.5, 0.6) is 0 Å². The summed E-state index contributed by atoms with van der Waals surface area (Å²) >= 11 is 7.45. The van der Waals surface area contributed by atoms with Crippen LogP contribution in [0, 0.1) is 0 Å². The molecule has 0 bridgehead atoms. The second-order valence-electron chi connectivity index (χ2n) is 6.55. The van der Waals surface area contributed by atoms with Gasteiger partial charge in [-0.25, -0.2) is 4.98 Å². The van der Waals surface area contributed by atoms with E-state index in [0.29, 0.717) is 0 Å². The zero-order valence-electron chi connectivity index (χ0n) is 14.5. The molecule has 134 valence electrons. The number of aromatic nitrogens is 2. The third kappa shape index (κ3) is 4.41. The minimum absolute atomic E-state index is 0.752. The van der Waals surface area contributed by atoms with Crippen molar-refractivity contribution in [3.05, 3.63) is 76.6 Å². The minimum atomic E-state index is 0.752. The molecule has 0 radical (unpaired) electrons. The molecular weight excluding hydrogens is 364 g/mol. The summed E-state index contributed by atoms with van der Waals surface area (Å²) in [6.07, 6.45) is 0.752. The van der Waals surface area contributed by atoms with Crippen molar-refractivity contribution < 1.29 is 0 Å². The van der Waals surface area contributed by atoms with Crippen LogP contribution in [-0.2, 0) is 13.0 Å². The van der Waals surface area contributed by atoms with Gasteiger partial charge in [-0.15, -0.1) is 0 Å². The Hall–Kier alpha value is -1.95. The minimum Gasteiger partial charge on any atom is -0.344 e. The zero-order valence-corrected chi connectivity index (χ0v) is 16.1. The average Bonchev–Trinajstić information content (AvgIpc) is 3.14. The maximum atomic E-state index is 5.94. The van der Waals surface area contributed by atoms with Gasteiger partial charge in [0, 0.05) is 55.7 Å². The fourth-order valence-electron chi connectivity index (χ4n) is 3.17. The summed E-state index contributed by atoms with van der Waals surface area (Å²) in [5.74, 6) is 0.888. The van der Waals surface area contributed by atoms with Gasteiger partial charge >= 0.3 is 0 Å². The number of rotatable bonds is 5. The molecule has 1 fully saturated rings. The van der Waals surface area contributed by atoms with Crippen molar-refractivity contribution in [1.82, 2.24) is 14.3 Å². The molecule has 2 heterocycles. The summed E-state index contributed by atoms with van der Waals surface area (Å²) in [6, 6.07) is 18.6. The Bertz CT molecular complexity index is 827. The standard InChI is InChI=1S/C20H21ClN4S/c21-18-8-6-16(7-9-18)14-19-22-20(26-23-19)25-12-10-24(11-13-25)15-17-4-2-1-3-5-17/h1-9H,10-15H2. The Morgan fingerprint density at radius 1 is 0.885 bits per heavy atom. The zero-order chi connectivity index (χ0) is 17.8. The lowest BCUT2D eigenvalue weighted by atomic mass is 10.1.